The van der Waals surface area contributed by atoms with Gasteiger partial charge < -0.3 is 10.5 Å². The number of aryl methyl sites for hydroxylation is 1. The molecule has 2 N–H and O–H groups in total. The number of hydrogen-bond donors (Lipinski definition) is 1. The minimum Gasteiger partial charge on any atom is -0.497 e. The first-order valence-corrected chi connectivity index (χ1v) is 7.84. The Morgan fingerprint density at radius 1 is 1.25 bits per heavy atom. The van der Waals surface area contributed by atoms with Gasteiger partial charge in [-0.2, -0.15) is 0 Å². The Bertz CT molecular complexity index is 474. The van der Waals surface area contributed by atoms with E-state index in [1.165, 1.54) is 24.0 Å². The van der Waals surface area contributed by atoms with E-state index >= 15 is 0 Å². The number of rotatable bonds is 2. The van der Waals surface area contributed by atoms with Gasteiger partial charge in [-0.3, -0.25) is 4.90 Å². The molecule has 0 saturated carbocycles. The summed E-state index contributed by atoms with van der Waals surface area (Å²) >= 11 is 0. The Kier molecular flexibility index (Phi) is 3.99. The number of ether oxygens (including phenoxy) is 1. The second-order valence-electron chi connectivity index (χ2n) is 6.40. The Morgan fingerprint density at radius 3 is 2.85 bits per heavy atom. The molecular formula is C17H26N2O. The number of piperidine rings is 1. The highest BCUT2D eigenvalue weighted by Gasteiger charge is 2.31. The minimum atomic E-state index is 0.400. The monoisotopic (exact) mass is 274 g/mol. The van der Waals surface area contributed by atoms with Crippen molar-refractivity contribution in [1.82, 2.24) is 4.90 Å². The number of likely N-dealkylation sites (tertiary alicyclic amines) is 1. The molecule has 1 aromatic rings. The summed E-state index contributed by atoms with van der Waals surface area (Å²) in [6.45, 7) is 3.49. The fraction of sp³-hybridized carbons (Fsp3) is 0.647. The van der Waals surface area contributed by atoms with Crippen LogP contribution in [0, 0.1) is 0 Å². The molecule has 0 bridgehead atoms. The topological polar surface area (TPSA) is 38.5 Å². The van der Waals surface area contributed by atoms with E-state index in [1.807, 2.05) is 0 Å². The van der Waals surface area contributed by atoms with Gasteiger partial charge in [0.1, 0.15) is 5.75 Å². The standard InChI is InChI=1S/C17H26N2O/c1-12-9-15(18)7-8-19(12)16-5-3-13-4-6-17(20-2)11-14(13)10-16/h4,6,11-12,15-16H,3,5,7-10,18H2,1-2H3. The highest BCUT2D eigenvalue weighted by Crippen LogP contribution is 2.30. The van der Waals surface area contributed by atoms with Gasteiger partial charge in [0, 0.05) is 24.7 Å². The molecule has 3 nitrogen and oxygen atoms in total. The molecule has 1 heterocycles. The molecule has 3 unspecified atom stereocenters. The van der Waals surface area contributed by atoms with Crippen molar-refractivity contribution in [3.05, 3.63) is 29.3 Å². The third kappa shape index (κ3) is 2.70. The van der Waals surface area contributed by atoms with Crippen LogP contribution in [0.15, 0.2) is 18.2 Å². The second kappa shape index (κ2) is 5.74. The van der Waals surface area contributed by atoms with Crippen LogP contribution < -0.4 is 10.5 Å². The largest absolute Gasteiger partial charge is 0.497 e. The van der Waals surface area contributed by atoms with Crippen LogP contribution in [0.5, 0.6) is 5.75 Å². The molecule has 2 aliphatic rings. The summed E-state index contributed by atoms with van der Waals surface area (Å²) in [5.41, 5.74) is 9.07. The predicted octanol–water partition coefficient (Wildman–Crippen LogP) is 2.36. The van der Waals surface area contributed by atoms with E-state index in [-0.39, 0.29) is 0 Å². The van der Waals surface area contributed by atoms with Crippen LogP contribution in [0.25, 0.3) is 0 Å². The van der Waals surface area contributed by atoms with E-state index in [9.17, 15) is 0 Å². The van der Waals surface area contributed by atoms with Crippen molar-refractivity contribution in [1.29, 1.82) is 0 Å². The van der Waals surface area contributed by atoms with Crippen molar-refractivity contribution >= 4 is 0 Å². The number of benzene rings is 1. The third-order valence-corrected chi connectivity index (χ3v) is 5.05. The first-order chi connectivity index (χ1) is 9.67. The Labute approximate surface area is 122 Å². The van der Waals surface area contributed by atoms with Gasteiger partial charge in [0.05, 0.1) is 7.11 Å². The zero-order valence-corrected chi connectivity index (χ0v) is 12.6. The molecular weight excluding hydrogens is 248 g/mol. The molecule has 3 atom stereocenters. The van der Waals surface area contributed by atoms with Gasteiger partial charge in [-0.05, 0) is 62.3 Å². The van der Waals surface area contributed by atoms with E-state index in [0.29, 0.717) is 18.1 Å². The molecule has 1 aliphatic carbocycles. The second-order valence-corrected chi connectivity index (χ2v) is 6.40. The average Bonchev–Trinajstić information content (AvgIpc) is 2.46. The number of nitrogens with two attached hydrogens (primary N) is 1. The molecule has 1 fully saturated rings. The van der Waals surface area contributed by atoms with E-state index < -0.39 is 0 Å². The molecule has 0 spiro atoms. The molecule has 110 valence electrons. The predicted molar refractivity (Wildman–Crippen MR) is 82.2 cm³/mol. The zero-order valence-electron chi connectivity index (χ0n) is 12.6. The number of hydrogen-bond acceptors (Lipinski definition) is 3. The number of fused-ring (bicyclic) bond motifs is 1. The molecule has 1 saturated heterocycles. The lowest BCUT2D eigenvalue weighted by Gasteiger charge is -2.43. The lowest BCUT2D eigenvalue weighted by Crippen LogP contribution is -2.51. The van der Waals surface area contributed by atoms with Gasteiger partial charge in [0.25, 0.3) is 0 Å². The maximum atomic E-state index is 6.09. The van der Waals surface area contributed by atoms with Gasteiger partial charge in [0.15, 0.2) is 0 Å². The smallest absolute Gasteiger partial charge is 0.119 e. The van der Waals surface area contributed by atoms with Gasteiger partial charge in [-0.1, -0.05) is 6.07 Å². The normalized spacial score (nSPS) is 30.9. The Hall–Kier alpha value is -1.06. The molecule has 0 aromatic heterocycles. The van der Waals surface area contributed by atoms with Crippen molar-refractivity contribution in [2.45, 2.75) is 57.2 Å². The van der Waals surface area contributed by atoms with Crippen molar-refractivity contribution in [2.75, 3.05) is 13.7 Å². The van der Waals surface area contributed by atoms with Crippen LogP contribution in [0.2, 0.25) is 0 Å². The number of nitrogens with zero attached hydrogens (tertiary/aromatic N) is 1. The fourth-order valence-electron chi connectivity index (χ4n) is 3.89. The van der Waals surface area contributed by atoms with E-state index in [1.54, 1.807) is 7.11 Å². The quantitative estimate of drug-likeness (QED) is 0.900. The van der Waals surface area contributed by atoms with E-state index in [4.69, 9.17) is 10.5 Å². The van der Waals surface area contributed by atoms with Gasteiger partial charge in [-0.25, -0.2) is 0 Å². The van der Waals surface area contributed by atoms with Crippen LogP contribution in [0.3, 0.4) is 0 Å². The minimum absolute atomic E-state index is 0.400. The van der Waals surface area contributed by atoms with Crippen LogP contribution in [-0.4, -0.2) is 36.7 Å². The van der Waals surface area contributed by atoms with Crippen LogP contribution in [-0.2, 0) is 12.8 Å². The summed E-state index contributed by atoms with van der Waals surface area (Å²) in [5.74, 6) is 0.984. The molecule has 0 amide bonds. The van der Waals surface area contributed by atoms with Crippen molar-refractivity contribution < 1.29 is 4.74 Å². The highest BCUT2D eigenvalue weighted by atomic mass is 16.5. The summed E-state index contributed by atoms with van der Waals surface area (Å²) in [6, 6.07) is 8.24. The zero-order chi connectivity index (χ0) is 14.1. The highest BCUT2D eigenvalue weighted by molar-refractivity contribution is 5.38. The fourth-order valence-corrected chi connectivity index (χ4v) is 3.89. The van der Waals surface area contributed by atoms with Gasteiger partial charge >= 0.3 is 0 Å². The van der Waals surface area contributed by atoms with Crippen LogP contribution in [0.1, 0.15) is 37.3 Å². The van der Waals surface area contributed by atoms with Crippen molar-refractivity contribution in [3.8, 4) is 5.75 Å². The molecule has 20 heavy (non-hydrogen) atoms. The summed E-state index contributed by atoms with van der Waals surface area (Å²) < 4.78 is 5.37. The molecule has 0 radical (unpaired) electrons. The molecule has 3 heteroatoms. The summed E-state index contributed by atoms with van der Waals surface area (Å²) in [7, 11) is 1.75. The Balaban J connectivity index is 1.74. The average molecular weight is 274 g/mol. The van der Waals surface area contributed by atoms with E-state index in [2.05, 4.69) is 30.0 Å². The first kappa shape index (κ1) is 13.9. The maximum absolute atomic E-state index is 6.09. The van der Waals surface area contributed by atoms with Gasteiger partial charge in [-0.15, -0.1) is 0 Å². The number of methoxy groups -OCH3 is 1. The maximum Gasteiger partial charge on any atom is 0.119 e. The van der Waals surface area contributed by atoms with Gasteiger partial charge in [0.2, 0.25) is 0 Å². The van der Waals surface area contributed by atoms with Crippen LogP contribution in [0.4, 0.5) is 0 Å². The summed E-state index contributed by atoms with van der Waals surface area (Å²) in [5, 5.41) is 0. The molecule has 3 rings (SSSR count). The van der Waals surface area contributed by atoms with Crippen LogP contribution >= 0.6 is 0 Å². The van der Waals surface area contributed by atoms with E-state index in [0.717, 1.165) is 31.6 Å². The summed E-state index contributed by atoms with van der Waals surface area (Å²) in [6.07, 6.45) is 5.91. The Morgan fingerprint density at radius 2 is 2.10 bits per heavy atom. The lowest BCUT2D eigenvalue weighted by molar-refractivity contribution is 0.0874. The third-order valence-electron chi connectivity index (χ3n) is 5.05. The lowest BCUT2D eigenvalue weighted by atomic mass is 9.85. The molecule has 1 aromatic carbocycles. The van der Waals surface area contributed by atoms with Crippen molar-refractivity contribution in [2.24, 2.45) is 5.73 Å². The van der Waals surface area contributed by atoms with Crippen molar-refractivity contribution in [3.63, 3.8) is 0 Å². The summed E-state index contributed by atoms with van der Waals surface area (Å²) in [4.78, 5) is 2.69. The first-order valence-electron chi connectivity index (χ1n) is 7.84. The SMILES string of the molecule is COc1ccc2c(c1)CC(N1CCC(N)CC1C)CC2. The molecule has 1 aliphatic heterocycles.